The van der Waals surface area contributed by atoms with Crippen molar-refractivity contribution in [1.82, 2.24) is 4.90 Å². The van der Waals surface area contributed by atoms with Gasteiger partial charge in [0.2, 0.25) is 0 Å². The molecule has 2 rings (SSSR count). The van der Waals surface area contributed by atoms with E-state index < -0.39 is 5.97 Å². The average Bonchev–Trinajstić information content (AvgIpc) is 2.47. The van der Waals surface area contributed by atoms with Gasteiger partial charge in [0.05, 0.1) is 17.4 Å². The fourth-order valence-corrected chi connectivity index (χ4v) is 2.47. The quantitative estimate of drug-likeness (QED) is 0.899. The predicted molar refractivity (Wildman–Crippen MR) is 79.0 cm³/mol. The summed E-state index contributed by atoms with van der Waals surface area (Å²) in [7, 11) is 1.66. The Labute approximate surface area is 127 Å². The van der Waals surface area contributed by atoms with Crippen molar-refractivity contribution in [2.24, 2.45) is 0 Å². The largest absolute Gasteiger partial charge is 0.478 e. The highest BCUT2D eigenvalue weighted by molar-refractivity contribution is 6.31. The summed E-state index contributed by atoms with van der Waals surface area (Å²) in [5, 5.41) is 12.1. The number of likely N-dealkylation sites (tertiary alicyclic amines) is 1. The highest BCUT2D eigenvalue weighted by Crippen LogP contribution is 2.22. The van der Waals surface area contributed by atoms with Gasteiger partial charge in [-0.3, -0.25) is 0 Å². The third kappa shape index (κ3) is 3.86. The second-order valence-electron chi connectivity index (χ2n) is 4.85. The van der Waals surface area contributed by atoms with Crippen LogP contribution in [0.2, 0.25) is 5.02 Å². The van der Waals surface area contributed by atoms with Crippen LogP contribution in [0.3, 0.4) is 0 Å². The van der Waals surface area contributed by atoms with Crippen LogP contribution in [0.1, 0.15) is 23.2 Å². The fraction of sp³-hybridized carbons (Fsp3) is 0.429. The normalized spacial score (nSPS) is 15.8. The van der Waals surface area contributed by atoms with Gasteiger partial charge in [-0.2, -0.15) is 0 Å². The molecule has 0 unspecified atom stereocenters. The predicted octanol–water partition coefficient (Wildman–Crippen LogP) is 2.68. The van der Waals surface area contributed by atoms with Gasteiger partial charge in [0.25, 0.3) is 0 Å². The summed E-state index contributed by atoms with van der Waals surface area (Å²) in [5.74, 6) is -1.11. The SMILES string of the molecule is COC1CCN(C(=O)Nc2cc(Cl)ccc2C(=O)O)CC1. The number of amides is 2. The minimum absolute atomic E-state index is 0.0135. The zero-order valence-corrected chi connectivity index (χ0v) is 12.4. The number of urea groups is 1. The Hall–Kier alpha value is -1.79. The first-order chi connectivity index (χ1) is 10.0. The number of hydrogen-bond donors (Lipinski definition) is 2. The lowest BCUT2D eigenvalue weighted by molar-refractivity contribution is 0.0521. The first-order valence-electron chi connectivity index (χ1n) is 6.63. The van der Waals surface area contributed by atoms with Gasteiger partial charge in [-0.05, 0) is 31.0 Å². The first-order valence-corrected chi connectivity index (χ1v) is 7.00. The molecule has 114 valence electrons. The Morgan fingerprint density at radius 1 is 1.38 bits per heavy atom. The molecule has 7 heteroatoms. The van der Waals surface area contributed by atoms with E-state index in [4.69, 9.17) is 21.4 Å². The van der Waals surface area contributed by atoms with E-state index in [1.165, 1.54) is 18.2 Å². The minimum atomic E-state index is -1.11. The third-order valence-electron chi connectivity index (χ3n) is 3.52. The molecule has 0 aromatic heterocycles. The summed E-state index contributed by atoms with van der Waals surface area (Å²) >= 11 is 5.85. The number of piperidine rings is 1. The molecule has 21 heavy (non-hydrogen) atoms. The van der Waals surface area contributed by atoms with Gasteiger partial charge < -0.3 is 20.1 Å². The van der Waals surface area contributed by atoms with E-state index in [2.05, 4.69) is 5.32 Å². The van der Waals surface area contributed by atoms with Crippen molar-refractivity contribution in [3.8, 4) is 0 Å². The number of carbonyl (C=O) groups excluding carboxylic acids is 1. The van der Waals surface area contributed by atoms with E-state index in [1.807, 2.05) is 0 Å². The van der Waals surface area contributed by atoms with Crippen LogP contribution in [0.25, 0.3) is 0 Å². The van der Waals surface area contributed by atoms with Crippen LogP contribution in [0.15, 0.2) is 18.2 Å². The molecule has 1 saturated heterocycles. The maximum absolute atomic E-state index is 12.2. The van der Waals surface area contributed by atoms with Crippen LogP contribution >= 0.6 is 11.6 Å². The van der Waals surface area contributed by atoms with Crippen molar-refractivity contribution in [1.29, 1.82) is 0 Å². The molecule has 6 nitrogen and oxygen atoms in total. The number of carboxylic acid groups (broad SMARTS) is 1. The summed E-state index contributed by atoms with van der Waals surface area (Å²) in [5.41, 5.74) is 0.216. The van der Waals surface area contributed by atoms with Crippen molar-refractivity contribution < 1.29 is 19.4 Å². The lowest BCUT2D eigenvalue weighted by Gasteiger charge is -2.31. The first kappa shape index (κ1) is 15.6. The number of carboxylic acids is 1. The van der Waals surface area contributed by atoms with Gasteiger partial charge in [0, 0.05) is 25.2 Å². The molecule has 0 radical (unpaired) electrons. The fourth-order valence-electron chi connectivity index (χ4n) is 2.30. The van der Waals surface area contributed by atoms with E-state index in [1.54, 1.807) is 12.0 Å². The number of benzene rings is 1. The van der Waals surface area contributed by atoms with Crippen molar-refractivity contribution >= 4 is 29.3 Å². The maximum Gasteiger partial charge on any atom is 0.337 e. The van der Waals surface area contributed by atoms with Crippen LogP contribution in [-0.2, 0) is 4.74 Å². The van der Waals surface area contributed by atoms with E-state index in [0.717, 1.165) is 12.8 Å². The van der Waals surface area contributed by atoms with Gasteiger partial charge in [0.15, 0.2) is 0 Å². The number of nitrogens with one attached hydrogen (secondary N) is 1. The second kappa shape index (κ2) is 6.78. The highest BCUT2D eigenvalue weighted by Gasteiger charge is 2.23. The van der Waals surface area contributed by atoms with Gasteiger partial charge in [-0.15, -0.1) is 0 Å². The van der Waals surface area contributed by atoms with Crippen molar-refractivity contribution in [2.75, 3.05) is 25.5 Å². The van der Waals surface area contributed by atoms with Crippen LogP contribution < -0.4 is 5.32 Å². The Balaban J connectivity index is 2.06. The summed E-state index contributed by atoms with van der Waals surface area (Å²) in [4.78, 5) is 25.0. The molecule has 1 fully saturated rings. The van der Waals surface area contributed by atoms with Gasteiger partial charge >= 0.3 is 12.0 Å². The molecule has 0 atom stereocenters. The standard InChI is InChI=1S/C14H17ClN2O4/c1-21-10-4-6-17(7-5-10)14(20)16-12-8-9(15)2-3-11(12)13(18)19/h2-3,8,10H,4-7H2,1H3,(H,16,20)(H,18,19). The Bertz CT molecular complexity index is 542. The van der Waals surface area contributed by atoms with Crippen LogP contribution in [-0.4, -0.2) is 48.3 Å². The molecule has 2 amide bonds. The van der Waals surface area contributed by atoms with Crippen molar-refractivity contribution in [3.05, 3.63) is 28.8 Å². The molecule has 0 aliphatic carbocycles. The molecule has 1 aromatic carbocycles. The number of halogens is 1. The van der Waals surface area contributed by atoms with Gasteiger partial charge in [-0.1, -0.05) is 11.6 Å². The van der Waals surface area contributed by atoms with E-state index in [9.17, 15) is 9.59 Å². The lowest BCUT2D eigenvalue weighted by atomic mass is 10.1. The second-order valence-corrected chi connectivity index (χ2v) is 5.28. The summed E-state index contributed by atoms with van der Waals surface area (Å²) in [6.45, 7) is 1.15. The Morgan fingerprint density at radius 3 is 2.62 bits per heavy atom. The number of carbonyl (C=O) groups is 2. The number of hydrogen-bond acceptors (Lipinski definition) is 3. The molecule has 0 bridgehead atoms. The Kier molecular flexibility index (Phi) is 5.03. The molecule has 1 aliphatic heterocycles. The smallest absolute Gasteiger partial charge is 0.337 e. The van der Waals surface area contributed by atoms with E-state index in [0.29, 0.717) is 18.1 Å². The third-order valence-corrected chi connectivity index (χ3v) is 3.75. The number of methoxy groups -OCH3 is 1. The van der Waals surface area contributed by atoms with Crippen LogP contribution in [0.4, 0.5) is 10.5 Å². The summed E-state index contributed by atoms with van der Waals surface area (Å²) < 4.78 is 5.25. The topological polar surface area (TPSA) is 78.9 Å². The molecule has 1 heterocycles. The van der Waals surface area contributed by atoms with Gasteiger partial charge in [0.1, 0.15) is 0 Å². The maximum atomic E-state index is 12.2. The van der Waals surface area contributed by atoms with Crippen molar-refractivity contribution in [2.45, 2.75) is 18.9 Å². The molecule has 1 aromatic rings. The molecular formula is C14H17ClN2O4. The highest BCUT2D eigenvalue weighted by atomic mass is 35.5. The lowest BCUT2D eigenvalue weighted by Crippen LogP contribution is -2.43. The van der Waals surface area contributed by atoms with Crippen LogP contribution in [0, 0.1) is 0 Å². The Morgan fingerprint density at radius 2 is 2.05 bits per heavy atom. The van der Waals surface area contributed by atoms with Crippen LogP contribution in [0.5, 0.6) is 0 Å². The zero-order chi connectivity index (χ0) is 15.4. The molecular weight excluding hydrogens is 296 g/mol. The van der Waals surface area contributed by atoms with Crippen molar-refractivity contribution in [3.63, 3.8) is 0 Å². The summed E-state index contributed by atoms with van der Waals surface area (Å²) in [6, 6.07) is 3.96. The average molecular weight is 313 g/mol. The van der Waals surface area contributed by atoms with E-state index >= 15 is 0 Å². The number of nitrogens with zero attached hydrogens (tertiary/aromatic N) is 1. The number of anilines is 1. The van der Waals surface area contributed by atoms with Gasteiger partial charge in [-0.25, -0.2) is 9.59 Å². The minimum Gasteiger partial charge on any atom is -0.478 e. The molecule has 2 N–H and O–H groups in total. The monoisotopic (exact) mass is 312 g/mol. The number of ether oxygens (including phenoxy) is 1. The molecule has 0 spiro atoms. The number of rotatable bonds is 3. The number of aromatic carboxylic acids is 1. The zero-order valence-electron chi connectivity index (χ0n) is 11.6. The molecule has 1 aliphatic rings. The molecule has 0 saturated carbocycles. The van der Waals surface area contributed by atoms with E-state index in [-0.39, 0.29) is 23.4 Å². The summed E-state index contributed by atoms with van der Waals surface area (Å²) in [6.07, 6.45) is 1.71.